The van der Waals surface area contributed by atoms with Gasteiger partial charge in [0.2, 0.25) is 0 Å². The van der Waals surface area contributed by atoms with Crippen molar-refractivity contribution >= 4 is 23.4 Å². The molecule has 0 radical (unpaired) electrons. The van der Waals surface area contributed by atoms with Crippen molar-refractivity contribution in [1.82, 2.24) is 0 Å². The summed E-state index contributed by atoms with van der Waals surface area (Å²) in [4.78, 5) is 0. The van der Waals surface area contributed by atoms with E-state index < -0.39 is 6.18 Å². The molecule has 0 saturated heterocycles. The molecule has 1 aromatic carbocycles. The summed E-state index contributed by atoms with van der Waals surface area (Å²) in [6.45, 7) is 0. The highest BCUT2D eigenvalue weighted by Crippen LogP contribution is 2.22. The first kappa shape index (κ1) is 10.9. The van der Waals surface area contributed by atoms with Crippen molar-refractivity contribution in [1.29, 1.82) is 0 Å². The third-order valence-electron chi connectivity index (χ3n) is 1.50. The molecular weight excluding hydrogens is 215 g/mol. The monoisotopic (exact) mass is 221 g/mol. The third-order valence-corrected chi connectivity index (χ3v) is 1.74. The lowest BCUT2D eigenvalue weighted by Gasteiger charge is -2.01. The first-order valence-corrected chi connectivity index (χ1v) is 4.07. The normalized spacial score (nSPS) is 12.3. The molecule has 0 aliphatic rings. The maximum atomic E-state index is 11.8. The fourth-order valence-corrected chi connectivity index (χ4v) is 1.06. The van der Waals surface area contributed by atoms with Crippen LogP contribution in [-0.2, 0) is 0 Å². The molecule has 1 nitrogen and oxygen atoms in total. The van der Waals surface area contributed by atoms with E-state index in [0.717, 1.165) is 6.08 Å². The van der Waals surface area contributed by atoms with Crippen LogP contribution in [0.3, 0.4) is 0 Å². The van der Waals surface area contributed by atoms with Gasteiger partial charge in [0.15, 0.2) is 0 Å². The van der Waals surface area contributed by atoms with E-state index in [4.69, 9.17) is 17.3 Å². The van der Waals surface area contributed by atoms with Gasteiger partial charge < -0.3 is 5.73 Å². The highest BCUT2D eigenvalue weighted by Gasteiger charge is 2.21. The Labute approximate surface area is 84.0 Å². The lowest BCUT2D eigenvalue weighted by atomic mass is 10.1. The number of nitrogen functional groups attached to an aromatic ring is 1. The summed E-state index contributed by atoms with van der Waals surface area (Å²) in [7, 11) is 0. The zero-order valence-corrected chi connectivity index (χ0v) is 7.73. The fraction of sp³-hybridized carbons (Fsp3) is 0.111. The highest BCUT2D eigenvalue weighted by atomic mass is 35.5. The molecule has 1 rings (SSSR count). The van der Waals surface area contributed by atoms with Crippen molar-refractivity contribution in [3.05, 3.63) is 34.9 Å². The van der Waals surface area contributed by atoms with Crippen LogP contribution in [0.2, 0.25) is 5.02 Å². The second-order valence-corrected chi connectivity index (χ2v) is 3.08. The SMILES string of the molecule is Nc1cc(Cl)ccc1/C=C/C(F)(F)F. The fourth-order valence-electron chi connectivity index (χ4n) is 0.882. The number of allylic oxidation sites excluding steroid dienone is 1. The molecule has 0 bridgehead atoms. The molecule has 2 N–H and O–H groups in total. The van der Waals surface area contributed by atoms with Crippen LogP contribution in [-0.4, -0.2) is 6.18 Å². The van der Waals surface area contributed by atoms with Crippen molar-refractivity contribution in [3.63, 3.8) is 0 Å². The number of benzene rings is 1. The van der Waals surface area contributed by atoms with Crippen LogP contribution >= 0.6 is 11.6 Å². The summed E-state index contributed by atoms with van der Waals surface area (Å²) in [5.74, 6) is 0. The number of rotatable bonds is 1. The van der Waals surface area contributed by atoms with Crippen LogP contribution in [0.15, 0.2) is 24.3 Å². The van der Waals surface area contributed by atoms with Crippen LogP contribution in [0.5, 0.6) is 0 Å². The number of hydrogen-bond donors (Lipinski definition) is 1. The van der Waals surface area contributed by atoms with Crippen molar-refractivity contribution in [2.75, 3.05) is 5.73 Å². The molecule has 0 aromatic heterocycles. The number of anilines is 1. The average Bonchev–Trinajstić information content (AvgIpc) is 2.00. The number of nitrogens with two attached hydrogens (primary N) is 1. The van der Waals surface area contributed by atoms with E-state index >= 15 is 0 Å². The summed E-state index contributed by atoms with van der Waals surface area (Å²) in [6, 6.07) is 4.31. The minimum Gasteiger partial charge on any atom is -0.398 e. The predicted octanol–water partition coefficient (Wildman–Crippen LogP) is 3.50. The minimum atomic E-state index is -4.33. The molecule has 0 amide bonds. The van der Waals surface area contributed by atoms with Gasteiger partial charge in [0.1, 0.15) is 0 Å². The van der Waals surface area contributed by atoms with Crippen LogP contribution < -0.4 is 5.73 Å². The second-order valence-electron chi connectivity index (χ2n) is 2.65. The molecule has 76 valence electrons. The standard InChI is InChI=1S/C9H7ClF3N/c10-7-2-1-6(8(14)5-7)3-4-9(11,12)13/h1-5H,14H2/b4-3+. The Morgan fingerprint density at radius 2 is 1.93 bits per heavy atom. The summed E-state index contributed by atoms with van der Waals surface area (Å²) in [6.07, 6.45) is -3.29. The lowest BCUT2D eigenvalue weighted by molar-refractivity contribution is -0.0790. The van der Waals surface area contributed by atoms with Crippen molar-refractivity contribution in [2.24, 2.45) is 0 Å². The molecular formula is C9H7ClF3N. The highest BCUT2D eigenvalue weighted by molar-refractivity contribution is 6.30. The zero-order chi connectivity index (χ0) is 10.8. The first-order chi connectivity index (χ1) is 6.38. The van der Waals surface area contributed by atoms with Crippen LogP contribution in [0.25, 0.3) is 6.08 Å². The summed E-state index contributed by atoms with van der Waals surface area (Å²) in [5.41, 5.74) is 5.97. The number of alkyl halides is 3. The smallest absolute Gasteiger partial charge is 0.398 e. The topological polar surface area (TPSA) is 26.0 Å². The second kappa shape index (κ2) is 3.92. The summed E-state index contributed by atoms with van der Waals surface area (Å²) >= 11 is 5.58. The van der Waals surface area contributed by atoms with E-state index in [1.54, 1.807) is 0 Å². The average molecular weight is 222 g/mol. The number of hydrogen-bond acceptors (Lipinski definition) is 1. The summed E-state index contributed by atoms with van der Waals surface area (Å²) in [5, 5.41) is 0.395. The quantitative estimate of drug-likeness (QED) is 0.722. The maximum Gasteiger partial charge on any atom is 0.409 e. The van der Waals surface area contributed by atoms with E-state index in [1.807, 2.05) is 0 Å². The molecule has 0 aliphatic heterocycles. The van der Waals surface area contributed by atoms with Gasteiger partial charge in [-0.15, -0.1) is 0 Å². The molecule has 5 heteroatoms. The largest absolute Gasteiger partial charge is 0.409 e. The van der Waals surface area contributed by atoms with Crippen molar-refractivity contribution in [2.45, 2.75) is 6.18 Å². The third kappa shape index (κ3) is 3.30. The Morgan fingerprint density at radius 1 is 1.29 bits per heavy atom. The van der Waals surface area contributed by atoms with Gasteiger partial charge >= 0.3 is 6.18 Å². The molecule has 0 atom stereocenters. The Hall–Kier alpha value is -1.16. The van der Waals surface area contributed by atoms with E-state index in [9.17, 15) is 13.2 Å². The summed E-state index contributed by atoms with van der Waals surface area (Å²) < 4.78 is 35.4. The molecule has 0 heterocycles. The lowest BCUT2D eigenvalue weighted by Crippen LogP contribution is -2.00. The first-order valence-electron chi connectivity index (χ1n) is 3.69. The molecule has 14 heavy (non-hydrogen) atoms. The maximum absolute atomic E-state index is 11.8. The van der Waals surface area contributed by atoms with Gasteiger partial charge in [-0.1, -0.05) is 17.7 Å². The van der Waals surface area contributed by atoms with Gasteiger partial charge in [0, 0.05) is 16.8 Å². The molecule has 0 saturated carbocycles. The van der Waals surface area contributed by atoms with Crippen LogP contribution in [0.4, 0.5) is 18.9 Å². The zero-order valence-electron chi connectivity index (χ0n) is 6.98. The van der Waals surface area contributed by atoms with Gasteiger partial charge in [-0.25, -0.2) is 0 Å². The van der Waals surface area contributed by atoms with E-state index in [0.29, 0.717) is 10.6 Å². The molecule has 0 unspecified atom stereocenters. The Kier molecular flexibility index (Phi) is 3.06. The van der Waals surface area contributed by atoms with Gasteiger partial charge in [0.25, 0.3) is 0 Å². The molecule has 0 fully saturated rings. The Balaban J connectivity index is 2.93. The van der Waals surface area contributed by atoms with Crippen molar-refractivity contribution in [3.8, 4) is 0 Å². The van der Waals surface area contributed by atoms with Crippen LogP contribution in [0, 0.1) is 0 Å². The van der Waals surface area contributed by atoms with Gasteiger partial charge in [-0.3, -0.25) is 0 Å². The van der Waals surface area contributed by atoms with Crippen LogP contribution in [0.1, 0.15) is 5.56 Å². The number of halogens is 4. The van der Waals surface area contributed by atoms with Crippen molar-refractivity contribution < 1.29 is 13.2 Å². The molecule has 0 spiro atoms. The van der Waals surface area contributed by atoms with Gasteiger partial charge in [-0.2, -0.15) is 13.2 Å². The van der Waals surface area contributed by atoms with E-state index in [-0.39, 0.29) is 11.8 Å². The Bertz CT molecular complexity index is 358. The molecule has 0 aliphatic carbocycles. The van der Waals surface area contributed by atoms with E-state index in [1.165, 1.54) is 18.2 Å². The van der Waals surface area contributed by atoms with Gasteiger partial charge in [0.05, 0.1) is 0 Å². The van der Waals surface area contributed by atoms with E-state index in [2.05, 4.69) is 0 Å². The van der Waals surface area contributed by atoms with Gasteiger partial charge in [-0.05, 0) is 23.8 Å². The minimum absolute atomic E-state index is 0.132. The molecule has 1 aromatic rings. The Morgan fingerprint density at radius 3 is 2.43 bits per heavy atom. The predicted molar refractivity (Wildman–Crippen MR) is 51.0 cm³/mol.